The number of carboxylic acids is 1. The molecule has 2 N–H and O–H groups in total. The van der Waals surface area contributed by atoms with Gasteiger partial charge < -0.3 is 10.4 Å². The zero-order valence-electron chi connectivity index (χ0n) is 11.3. The number of carbonyl (C=O) groups is 1. The summed E-state index contributed by atoms with van der Waals surface area (Å²) in [4.78, 5) is 19.7. The number of hydrogen-bond donors (Lipinski definition) is 2. The van der Waals surface area contributed by atoms with Gasteiger partial charge in [-0.25, -0.2) is 14.8 Å². The second-order valence-corrected chi connectivity index (χ2v) is 5.54. The van der Waals surface area contributed by atoms with Crippen LogP contribution in [0.3, 0.4) is 0 Å². The molecule has 1 aromatic carbocycles. The van der Waals surface area contributed by atoms with Crippen molar-refractivity contribution in [3.63, 3.8) is 0 Å². The second kappa shape index (κ2) is 5.49. The highest BCUT2D eigenvalue weighted by atomic mass is 32.1. The Morgan fingerprint density at radius 2 is 2.19 bits per heavy atom. The first-order valence-corrected chi connectivity index (χ1v) is 7.32. The van der Waals surface area contributed by atoms with Gasteiger partial charge in [0.2, 0.25) is 0 Å². The average molecular weight is 299 g/mol. The number of nitrogens with zero attached hydrogens (tertiary/aromatic N) is 2. The van der Waals surface area contributed by atoms with E-state index in [1.54, 1.807) is 23.6 Å². The van der Waals surface area contributed by atoms with E-state index in [2.05, 4.69) is 15.3 Å². The SMILES string of the molecule is CC(Nc1nc(C(=O)O)cc2ccccc12)c1nccs1. The molecule has 0 aliphatic heterocycles. The Kier molecular flexibility index (Phi) is 3.53. The first-order valence-electron chi connectivity index (χ1n) is 6.44. The summed E-state index contributed by atoms with van der Waals surface area (Å²) in [5.41, 5.74) is 0.0301. The third-order valence-electron chi connectivity index (χ3n) is 3.13. The summed E-state index contributed by atoms with van der Waals surface area (Å²) in [6.45, 7) is 1.97. The van der Waals surface area contributed by atoms with Crippen LogP contribution in [-0.2, 0) is 0 Å². The Morgan fingerprint density at radius 3 is 2.90 bits per heavy atom. The molecular formula is C15H13N3O2S. The third kappa shape index (κ3) is 2.71. The lowest BCUT2D eigenvalue weighted by Crippen LogP contribution is -2.10. The van der Waals surface area contributed by atoms with E-state index in [1.165, 1.54) is 0 Å². The molecule has 0 saturated heterocycles. The van der Waals surface area contributed by atoms with Crippen molar-refractivity contribution in [2.24, 2.45) is 0 Å². The van der Waals surface area contributed by atoms with Gasteiger partial charge in [0.15, 0.2) is 5.69 Å². The molecule has 1 unspecified atom stereocenters. The second-order valence-electron chi connectivity index (χ2n) is 4.62. The van der Waals surface area contributed by atoms with Crippen LogP contribution < -0.4 is 5.32 Å². The van der Waals surface area contributed by atoms with E-state index in [9.17, 15) is 9.90 Å². The molecule has 0 bridgehead atoms. The van der Waals surface area contributed by atoms with Crippen molar-refractivity contribution in [3.05, 3.63) is 52.6 Å². The minimum absolute atomic E-state index is 0.0301. The van der Waals surface area contributed by atoms with Crippen molar-refractivity contribution < 1.29 is 9.90 Å². The van der Waals surface area contributed by atoms with Crippen LogP contribution in [0.4, 0.5) is 5.82 Å². The molecule has 2 heterocycles. The van der Waals surface area contributed by atoms with E-state index in [-0.39, 0.29) is 11.7 Å². The maximum atomic E-state index is 11.2. The molecule has 1 atom stereocenters. The lowest BCUT2D eigenvalue weighted by atomic mass is 10.1. The van der Waals surface area contributed by atoms with Crippen molar-refractivity contribution >= 4 is 33.9 Å². The number of carboxylic acid groups (broad SMARTS) is 1. The molecule has 0 saturated carbocycles. The van der Waals surface area contributed by atoms with Crippen molar-refractivity contribution in [1.29, 1.82) is 0 Å². The summed E-state index contributed by atoms with van der Waals surface area (Å²) in [6, 6.07) is 9.13. The van der Waals surface area contributed by atoms with E-state index in [1.807, 2.05) is 36.6 Å². The molecule has 0 fully saturated rings. The molecule has 21 heavy (non-hydrogen) atoms. The van der Waals surface area contributed by atoms with Gasteiger partial charge in [0.25, 0.3) is 0 Å². The van der Waals surface area contributed by atoms with Gasteiger partial charge in [0.05, 0.1) is 6.04 Å². The highest BCUT2D eigenvalue weighted by Gasteiger charge is 2.14. The van der Waals surface area contributed by atoms with Gasteiger partial charge in [0, 0.05) is 17.0 Å². The first-order chi connectivity index (χ1) is 10.1. The van der Waals surface area contributed by atoms with E-state index < -0.39 is 5.97 Å². The van der Waals surface area contributed by atoms with Crippen molar-refractivity contribution in [3.8, 4) is 0 Å². The van der Waals surface area contributed by atoms with Gasteiger partial charge in [-0.05, 0) is 18.4 Å². The number of benzene rings is 1. The summed E-state index contributed by atoms with van der Waals surface area (Å²) in [6.07, 6.45) is 1.75. The number of nitrogens with one attached hydrogen (secondary N) is 1. The number of hydrogen-bond acceptors (Lipinski definition) is 5. The molecule has 0 amide bonds. The number of fused-ring (bicyclic) bond motifs is 1. The average Bonchev–Trinajstić information content (AvgIpc) is 3.01. The third-order valence-corrected chi connectivity index (χ3v) is 4.09. The van der Waals surface area contributed by atoms with Crippen molar-refractivity contribution in [1.82, 2.24) is 9.97 Å². The van der Waals surface area contributed by atoms with Crippen molar-refractivity contribution in [2.45, 2.75) is 13.0 Å². The van der Waals surface area contributed by atoms with Gasteiger partial charge in [0.1, 0.15) is 10.8 Å². The Hall–Kier alpha value is -2.47. The monoisotopic (exact) mass is 299 g/mol. The molecule has 0 spiro atoms. The van der Waals surface area contributed by atoms with E-state index >= 15 is 0 Å². The predicted octanol–water partition coefficient (Wildman–Crippen LogP) is 3.56. The van der Waals surface area contributed by atoms with Crippen LogP contribution in [0.15, 0.2) is 41.9 Å². The molecule has 0 aliphatic carbocycles. The van der Waals surface area contributed by atoms with Crippen LogP contribution in [0.2, 0.25) is 0 Å². The molecule has 106 valence electrons. The van der Waals surface area contributed by atoms with E-state index in [0.717, 1.165) is 15.8 Å². The van der Waals surface area contributed by atoms with Crippen LogP contribution in [0.5, 0.6) is 0 Å². The van der Waals surface area contributed by atoms with Crippen LogP contribution in [0, 0.1) is 0 Å². The van der Waals surface area contributed by atoms with E-state index in [4.69, 9.17) is 0 Å². The summed E-state index contributed by atoms with van der Waals surface area (Å²) in [5, 5.41) is 17.0. The molecule has 3 rings (SSSR count). The number of thiazole rings is 1. The Morgan fingerprint density at radius 1 is 1.38 bits per heavy atom. The molecule has 2 aromatic heterocycles. The maximum absolute atomic E-state index is 11.2. The highest BCUT2D eigenvalue weighted by Crippen LogP contribution is 2.27. The van der Waals surface area contributed by atoms with Crippen LogP contribution in [0.1, 0.15) is 28.5 Å². The Bertz CT molecular complexity index is 787. The van der Waals surface area contributed by atoms with Crippen LogP contribution >= 0.6 is 11.3 Å². The summed E-state index contributed by atoms with van der Waals surface area (Å²) >= 11 is 1.55. The van der Waals surface area contributed by atoms with E-state index in [0.29, 0.717) is 5.82 Å². The molecular weight excluding hydrogens is 286 g/mol. The lowest BCUT2D eigenvalue weighted by Gasteiger charge is -2.14. The Balaban J connectivity index is 2.05. The quantitative estimate of drug-likeness (QED) is 0.770. The van der Waals surface area contributed by atoms with Crippen molar-refractivity contribution in [2.75, 3.05) is 5.32 Å². The fraction of sp³-hybridized carbons (Fsp3) is 0.133. The minimum Gasteiger partial charge on any atom is -0.477 e. The first kappa shape index (κ1) is 13.5. The minimum atomic E-state index is -1.04. The zero-order valence-corrected chi connectivity index (χ0v) is 12.1. The molecule has 0 radical (unpaired) electrons. The Labute approximate surface area is 125 Å². The zero-order chi connectivity index (χ0) is 14.8. The molecule has 6 heteroatoms. The maximum Gasteiger partial charge on any atom is 0.354 e. The summed E-state index contributed by atoms with van der Waals surface area (Å²) in [7, 11) is 0. The van der Waals surface area contributed by atoms with Gasteiger partial charge in [-0.1, -0.05) is 24.3 Å². The standard InChI is InChI=1S/C15H13N3O2S/c1-9(14-16-6-7-21-14)17-13-11-5-3-2-4-10(11)8-12(18-13)15(19)20/h2-9H,1H3,(H,17,18)(H,19,20). The fourth-order valence-electron chi connectivity index (χ4n) is 2.13. The van der Waals surface area contributed by atoms with Gasteiger partial charge >= 0.3 is 5.97 Å². The molecule has 0 aliphatic rings. The normalized spacial score (nSPS) is 12.2. The lowest BCUT2D eigenvalue weighted by molar-refractivity contribution is 0.0691. The number of anilines is 1. The number of aromatic nitrogens is 2. The smallest absolute Gasteiger partial charge is 0.354 e. The topological polar surface area (TPSA) is 75.1 Å². The highest BCUT2D eigenvalue weighted by molar-refractivity contribution is 7.09. The van der Waals surface area contributed by atoms with Gasteiger partial charge in [-0.2, -0.15) is 0 Å². The number of aromatic carboxylic acids is 1. The molecule has 5 nitrogen and oxygen atoms in total. The van der Waals surface area contributed by atoms with Crippen LogP contribution in [0.25, 0.3) is 10.8 Å². The molecule has 3 aromatic rings. The van der Waals surface area contributed by atoms with Gasteiger partial charge in [-0.15, -0.1) is 11.3 Å². The van der Waals surface area contributed by atoms with Gasteiger partial charge in [-0.3, -0.25) is 0 Å². The summed E-state index contributed by atoms with van der Waals surface area (Å²) in [5.74, 6) is -0.473. The predicted molar refractivity (Wildman–Crippen MR) is 82.9 cm³/mol. The number of pyridine rings is 1. The largest absolute Gasteiger partial charge is 0.477 e. The summed E-state index contributed by atoms with van der Waals surface area (Å²) < 4.78 is 0. The van der Waals surface area contributed by atoms with Crippen LogP contribution in [-0.4, -0.2) is 21.0 Å². The number of rotatable bonds is 4. The fourth-order valence-corrected chi connectivity index (χ4v) is 2.78.